The molecular formula is C11H16N2. The molecule has 0 aliphatic heterocycles. The zero-order valence-electron chi connectivity index (χ0n) is 8.68. The van der Waals surface area contributed by atoms with Gasteiger partial charge < -0.3 is 0 Å². The minimum absolute atomic E-state index is 1.03. The number of hydrazone groups is 1. The maximum atomic E-state index is 4.16. The average Bonchev–Trinajstić information content (AvgIpc) is 2.06. The van der Waals surface area contributed by atoms with Gasteiger partial charge >= 0.3 is 0 Å². The van der Waals surface area contributed by atoms with Crippen LogP contribution >= 0.6 is 0 Å². The molecule has 0 saturated carbocycles. The lowest BCUT2D eigenvalue weighted by Crippen LogP contribution is -1.95. The van der Waals surface area contributed by atoms with Gasteiger partial charge in [0.15, 0.2) is 0 Å². The number of hydrogen-bond acceptors (Lipinski definition) is 2. The van der Waals surface area contributed by atoms with Crippen LogP contribution in [-0.2, 0) is 0 Å². The van der Waals surface area contributed by atoms with E-state index in [4.69, 9.17) is 0 Å². The van der Waals surface area contributed by atoms with Crippen LogP contribution < -0.4 is 5.43 Å². The van der Waals surface area contributed by atoms with E-state index >= 15 is 0 Å². The molecule has 1 N–H and O–H groups in total. The van der Waals surface area contributed by atoms with Crippen molar-refractivity contribution in [3.05, 3.63) is 29.3 Å². The van der Waals surface area contributed by atoms with Crippen molar-refractivity contribution in [3.63, 3.8) is 0 Å². The minimum atomic E-state index is 1.03. The number of benzene rings is 1. The van der Waals surface area contributed by atoms with Gasteiger partial charge in [0, 0.05) is 5.71 Å². The standard InChI is InChI=1S/C11H16N2/c1-8(2)12-13-11-7-9(3)5-6-10(11)4/h5-7,13H,1-4H3. The van der Waals surface area contributed by atoms with E-state index in [-0.39, 0.29) is 0 Å². The second kappa shape index (κ2) is 4.08. The normalized spacial score (nSPS) is 9.54. The van der Waals surface area contributed by atoms with Gasteiger partial charge in [-0.15, -0.1) is 0 Å². The maximum absolute atomic E-state index is 4.16. The van der Waals surface area contributed by atoms with E-state index in [0.29, 0.717) is 0 Å². The molecule has 0 bridgehead atoms. The summed E-state index contributed by atoms with van der Waals surface area (Å²) in [6.07, 6.45) is 0. The summed E-state index contributed by atoms with van der Waals surface area (Å²) in [7, 11) is 0. The molecule has 0 unspecified atom stereocenters. The van der Waals surface area contributed by atoms with Gasteiger partial charge in [-0.1, -0.05) is 12.1 Å². The van der Waals surface area contributed by atoms with Crippen LogP contribution in [0.25, 0.3) is 0 Å². The summed E-state index contributed by atoms with van der Waals surface area (Å²) in [6, 6.07) is 6.29. The molecule has 1 rings (SSSR count). The number of nitrogens with one attached hydrogen (secondary N) is 1. The van der Waals surface area contributed by atoms with Crippen LogP contribution in [0.5, 0.6) is 0 Å². The molecular weight excluding hydrogens is 160 g/mol. The lowest BCUT2D eigenvalue weighted by Gasteiger charge is -2.05. The average molecular weight is 176 g/mol. The lowest BCUT2D eigenvalue weighted by atomic mass is 10.1. The second-order valence-corrected chi connectivity index (χ2v) is 3.49. The summed E-state index contributed by atoms with van der Waals surface area (Å²) in [6.45, 7) is 8.09. The molecule has 0 atom stereocenters. The van der Waals surface area contributed by atoms with Crippen molar-refractivity contribution in [1.82, 2.24) is 0 Å². The summed E-state index contributed by atoms with van der Waals surface area (Å²) >= 11 is 0. The Morgan fingerprint density at radius 3 is 2.54 bits per heavy atom. The zero-order valence-corrected chi connectivity index (χ0v) is 8.68. The predicted molar refractivity (Wildman–Crippen MR) is 58.3 cm³/mol. The minimum Gasteiger partial charge on any atom is -0.278 e. The topological polar surface area (TPSA) is 24.4 Å². The number of hydrogen-bond donors (Lipinski definition) is 1. The van der Waals surface area contributed by atoms with Crippen LogP contribution in [0.15, 0.2) is 23.3 Å². The van der Waals surface area contributed by atoms with E-state index in [1.165, 1.54) is 11.1 Å². The summed E-state index contributed by atoms with van der Waals surface area (Å²) in [5.41, 5.74) is 7.62. The molecule has 0 aliphatic rings. The third-order valence-electron chi connectivity index (χ3n) is 1.79. The molecule has 0 saturated heterocycles. The fourth-order valence-electron chi connectivity index (χ4n) is 1.03. The fourth-order valence-corrected chi connectivity index (χ4v) is 1.03. The molecule has 0 radical (unpaired) electrons. The summed E-state index contributed by atoms with van der Waals surface area (Å²) in [5.74, 6) is 0. The first-order chi connectivity index (χ1) is 6.09. The van der Waals surface area contributed by atoms with Crippen LogP contribution in [0.4, 0.5) is 5.69 Å². The van der Waals surface area contributed by atoms with E-state index < -0.39 is 0 Å². The van der Waals surface area contributed by atoms with Crippen molar-refractivity contribution in [2.75, 3.05) is 5.43 Å². The number of rotatable bonds is 2. The Labute approximate surface area is 79.7 Å². The van der Waals surface area contributed by atoms with Crippen molar-refractivity contribution < 1.29 is 0 Å². The molecule has 0 spiro atoms. The largest absolute Gasteiger partial charge is 0.278 e. The Morgan fingerprint density at radius 1 is 1.23 bits per heavy atom. The van der Waals surface area contributed by atoms with Gasteiger partial charge in [-0.3, -0.25) is 5.43 Å². The van der Waals surface area contributed by atoms with Crippen LogP contribution in [0.1, 0.15) is 25.0 Å². The second-order valence-electron chi connectivity index (χ2n) is 3.49. The maximum Gasteiger partial charge on any atom is 0.0593 e. The number of anilines is 1. The molecule has 13 heavy (non-hydrogen) atoms. The molecule has 0 amide bonds. The van der Waals surface area contributed by atoms with Crippen molar-refractivity contribution in [2.24, 2.45) is 5.10 Å². The van der Waals surface area contributed by atoms with E-state index in [1.54, 1.807) is 0 Å². The van der Waals surface area contributed by atoms with Crippen LogP contribution in [0.3, 0.4) is 0 Å². The number of aryl methyl sites for hydroxylation is 2. The van der Waals surface area contributed by atoms with Gasteiger partial charge in [-0.25, -0.2) is 0 Å². The monoisotopic (exact) mass is 176 g/mol. The summed E-state index contributed by atoms with van der Waals surface area (Å²) in [4.78, 5) is 0. The van der Waals surface area contributed by atoms with Gasteiger partial charge in [0.2, 0.25) is 0 Å². The SMILES string of the molecule is CC(C)=NNc1cc(C)ccc1C. The Kier molecular flexibility index (Phi) is 3.07. The molecule has 0 heterocycles. The lowest BCUT2D eigenvalue weighted by molar-refractivity contribution is 1.27. The quantitative estimate of drug-likeness (QED) is 0.543. The third-order valence-corrected chi connectivity index (χ3v) is 1.79. The van der Waals surface area contributed by atoms with Crippen molar-refractivity contribution in [3.8, 4) is 0 Å². The summed E-state index contributed by atoms with van der Waals surface area (Å²) in [5, 5.41) is 4.16. The van der Waals surface area contributed by atoms with E-state index in [9.17, 15) is 0 Å². The summed E-state index contributed by atoms with van der Waals surface area (Å²) < 4.78 is 0. The molecule has 0 fully saturated rings. The molecule has 1 aromatic carbocycles. The fraction of sp³-hybridized carbons (Fsp3) is 0.364. The van der Waals surface area contributed by atoms with Gasteiger partial charge in [0.05, 0.1) is 5.69 Å². The van der Waals surface area contributed by atoms with Crippen LogP contribution in [-0.4, -0.2) is 5.71 Å². The first-order valence-corrected chi connectivity index (χ1v) is 4.44. The molecule has 0 aliphatic carbocycles. The van der Waals surface area contributed by atoms with E-state index in [0.717, 1.165) is 11.4 Å². The van der Waals surface area contributed by atoms with Crippen molar-refractivity contribution in [1.29, 1.82) is 0 Å². The first kappa shape index (κ1) is 9.78. The Morgan fingerprint density at radius 2 is 1.92 bits per heavy atom. The van der Waals surface area contributed by atoms with Crippen LogP contribution in [0, 0.1) is 13.8 Å². The van der Waals surface area contributed by atoms with Gasteiger partial charge in [0.25, 0.3) is 0 Å². The highest BCUT2D eigenvalue weighted by molar-refractivity contribution is 5.80. The predicted octanol–water partition coefficient (Wildman–Crippen LogP) is 3.11. The highest BCUT2D eigenvalue weighted by Gasteiger charge is 1.95. The smallest absolute Gasteiger partial charge is 0.0593 e. The number of nitrogens with zero attached hydrogens (tertiary/aromatic N) is 1. The molecule has 1 aromatic rings. The van der Waals surface area contributed by atoms with Crippen molar-refractivity contribution >= 4 is 11.4 Å². The van der Waals surface area contributed by atoms with Gasteiger partial charge in [-0.2, -0.15) is 5.10 Å². The Balaban J connectivity index is 2.87. The van der Waals surface area contributed by atoms with Gasteiger partial charge in [-0.05, 0) is 44.9 Å². The van der Waals surface area contributed by atoms with Gasteiger partial charge in [0.1, 0.15) is 0 Å². The van der Waals surface area contributed by atoms with Crippen LogP contribution in [0.2, 0.25) is 0 Å². The first-order valence-electron chi connectivity index (χ1n) is 4.44. The molecule has 2 heteroatoms. The van der Waals surface area contributed by atoms with E-state index in [2.05, 4.69) is 42.6 Å². The third kappa shape index (κ3) is 2.90. The van der Waals surface area contributed by atoms with E-state index in [1.807, 2.05) is 13.8 Å². The Hall–Kier alpha value is -1.31. The Bertz CT molecular complexity index is 323. The molecule has 70 valence electrons. The molecule has 2 nitrogen and oxygen atoms in total. The highest BCUT2D eigenvalue weighted by Crippen LogP contribution is 2.15. The highest BCUT2D eigenvalue weighted by atomic mass is 15.3. The zero-order chi connectivity index (χ0) is 9.84. The van der Waals surface area contributed by atoms with Crippen molar-refractivity contribution in [2.45, 2.75) is 27.7 Å². The molecule has 0 aromatic heterocycles.